The quantitative estimate of drug-likeness (QED) is 0.814. The number of benzene rings is 1. The summed E-state index contributed by atoms with van der Waals surface area (Å²) in [5, 5.41) is 0.788. The minimum absolute atomic E-state index is 0.212. The second-order valence-corrected chi connectivity index (χ2v) is 5.81. The van der Waals surface area contributed by atoms with Crippen LogP contribution in [0.3, 0.4) is 0 Å². The van der Waals surface area contributed by atoms with Crippen molar-refractivity contribution in [2.75, 3.05) is 0 Å². The van der Waals surface area contributed by atoms with E-state index in [1.54, 1.807) is 19.1 Å². The van der Waals surface area contributed by atoms with Crippen LogP contribution >= 0.6 is 23.2 Å². The average molecular weight is 333 g/mol. The lowest BCUT2D eigenvalue weighted by molar-refractivity contribution is -0.133. The van der Waals surface area contributed by atoms with Gasteiger partial charge in [0, 0.05) is 11.4 Å². The minimum atomic E-state index is -0.817. The molecule has 1 rings (SSSR count). The third-order valence-electron chi connectivity index (χ3n) is 2.49. The Labute approximate surface area is 133 Å². The summed E-state index contributed by atoms with van der Waals surface area (Å²) in [4.78, 5) is 23.2. The number of hydrogen-bond donors (Lipinski definition) is 2. The number of halogens is 2. The Bertz CT molecular complexity index is 521. The molecule has 1 aromatic carbocycles. The van der Waals surface area contributed by atoms with Gasteiger partial charge in [0.05, 0.1) is 5.02 Å². The monoisotopic (exact) mass is 332 g/mol. The van der Waals surface area contributed by atoms with Gasteiger partial charge in [0.1, 0.15) is 5.75 Å². The van der Waals surface area contributed by atoms with Crippen LogP contribution in [0.15, 0.2) is 18.2 Å². The smallest absolute Gasteiger partial charge is 0.279 e. The molecule has 1 atom stereocenters. The second kappa shape index (κ2) is 8.10. The van der Waals surface area contributed by atoms with Gasteiger partial charge in [-0.1, -0.05) is 37.0 Å². The highest BCUT2D eigenvalue weighted by atomic mass is 35.5. The van der Waals surface area contributed by atoms with Crippen LogP contribution in [0.4, 0.5) is 0 Å². The minimum Gasteiger partial charge on any atom is -0.479 e. The van der Waals surface area contributed by atoms with E-state index >= 15 is 0 Å². The number of nitrogens with one attached hydrogen (secondary N) is 2. The zero-order chi connectivity index (χ0) is 16.0. The highest BCUT2D eigenvalue weighted by Crippen LogP contribution is 2.28. The van der Waals surface area contributed by atoms with Gasteiger partial charge in [-0.2, -0.15) is 0 Å². The Morgan fingerprint density at radius 2 is 1.86 bits per heavy atom. The molecule has 0 fully saturated rings. The molecule has 0 radical (unpaired) electrons. The van der Waals surface area contributed by atoms with Crippen molar-refractivity contribution in [3.8, 4) is 5.75 Å². The zero-order valence-corrected chi connectivity index (χ0v) is 13.6. The standard InChI is InChI=1S/C14H18Cl2N2O3/c1-8(2)6-13(19)17-18-14(20)9(3)21-12-5-4-10(15)7-11(12)16/h4-5,7-9H,6H2,1-3H3,(H,17,19)(H,18,20)/t9-/m1/s1. The Morgan fingerprint density at radius 3 is 2.43 bits per heavy atom. The third kappa shape index (κ3) is 6.23. The molecule has 0 aliphatic carbocycles. The number of hydrogen-bond acceptors (Lipinski definition) is 3. The van der Waals surface area contributed by atoms with Gasteiger partial charge in [-0.05, 0) is 31.0 Å². The Balaban J connectivity index is 2.49. The van der Waals surface area contributed by atoms with Gasteiger partial charge in [-0.3, -0.25) is 20.4 Å². The molecular weight excluding hydrogens is 315 g/mol. The van der Waals surface area contributed by atoms with E-state index in [0.717, 1.165) is 0 Å². The van der Waals surface area contributed by atoms with E-state index < -0.39 is 12.0 Å². The summed E-state index contributed by atoms with van der Waals surface area (Å²) < 4.78 is 5.42. The van der Waals surface area contributed by atoms with Gasteiger partial charge >= 0.3 is 0 Å². The third-order valence-corrected chi connectivity index (χ3v) is 3.02. The molecule has 0 aromatic heterocycles. The van der Waals surface area contributed by atoms with Crippen LogP contribution in [-0.2, 0) is 9.59 Å². The molecule has 116 valence electrons. The lowest BCUT2D eigenvalue weighted by Gasteiger charge is -2.16. The Hall–Kier alpha value is -1.46. The van der Waals surface area contributed by atoms with Gasteiger partial charge in [0.2, 0.25) is 5.91 Å². The molecule has 1 aromatic rings. The van der Waals surface area contributed by atoms with Crippen LogP contribution in [0.5, 0.6) is 5.75 Å². The van der Waals surface area contributed by atoms with Gasteiger partial charge in [-0.25, -0.2) is 0 Å². The van der Waals surface area contributed by atoms with Crippen LogP contribution in [0.1, 0.15) is 27.2 Å². The van der Waals surface area contributed by atoms with E-state index in [9.17, 15) is 9.59 Å². The van der Waals surface area contributed by atoms with E-state index in [4.69, 9.17) is 27.9 Å². The fraction of sp³-hybridized carbons (Fsp3) is 0.429. The van der Waals surface area contributed by atoms with Crippen molar-refractivity contribution < 1.29 is 14.3 Å². The van der Waals surface area contributed by atoms with E-state index in [1.807, 2.05) is 13.8 Å². The first-order valence-corrected chi connectivity index (χ1v) is 7.25. The fourth-order valence-electron chi connectivity index (χ4n) is 1.47. The molecule has 0 unspecified atom stereocenters. The summed E-state index contributed by atoms with van der Waals surface area (Å²) in [5.74, 6) is -0.172. The van der Waals surface area contributed by atoms with Gasteiger partial charge in [-0.15, -0.1) is 0 Å². The molecule has 0 aliphatic heterocycles. The SMILES string of the molecule is CC(C)CC(=O)NNC(=O)[C@@H](C)Oc1ccc(Cl)cc1Cl. The first-order chi connectivity index (χ1) is 9.79. The number of amides is 2. The first kappa shape index (κ1) is 17.6. The molecule has 0 heterocycles. The lowest BCUT2D eigenvalue weighted by Crippen LogP contribution is -2.47. The Kier molecular flexibility index (Phi) is 6.78. The zero-order valence-electron chi connectivity index (χ0n) is 12.1. The van der Waals surface area contributed by atoms with Crippen molar-refractivity contribution >= 4 is 35.0 Å². The van der Waals surface area contributed by atoms with Crippen LogP contribution in [0.2, 0.25) is 10.0 Å². The largest absolute Gasteiger partial charge is 0.479 e. The van der Waals surface area contributed by atoms with E-state index in [1.165, 1.54) is 6.07 Å². The maximum Gasteiger partial charge on any atom is 0.279 e. The van der Waals surface area contributed by atoms with Crippen LogP contribution in [-0.4, -0.2) is 17.9 Å². The highest BCUT2D eigenvalue weighted by Gasteiger charge is 2.17. The van der Waals surface area contributed by atoms with Crippen LogP contribution < -0.4 is 15.6 Å². The van der Waals surface area contributed by atoms with Crippen LogP contribution in [0, 0.1) is 5.92 Å². The summed E-state index contributed by atoms with van der Waals surface area (Å²) in [6.07, 6.45) is -0.485. The van der Waals surface area contributed by atoms with Gasteiger partial charge in [0.25, 0.3) is 5.91 Å². The van der Waals surface area contributed by atoms with Crippen molar-refractivity contribution in [3.05, 3.63) is 28.2 Å². The Morgan fingerprint density at radius 1 is 1.19 bits per heavy atom. The molecule has 0 saturated heterocycles. The molecule has 0 spiro atoms. The van der Waals surface area contributed by atoms with E-state index in [-0.39, 0.29) is 11.8 Å². The molecule has 2 N–H and O–H groups in total. The van der Waals surface area contributed by atoms with Crippen molar-refractivity contribution in [3.63, 3.8) is 0 Å². The average Bonchev–Trinajstić information content (AvgIpc) is 2.38. The maximum absolute atomic E-state index is 11.8. The molecular formula is C14H18Cl2N2O3. The number of carbonyl (C=O) groups excluding carboxylic acids is 2. The predicted molar refractivity (Wildman–Crippen MR) is 82.3 cm³/mol. The number of rotatable bonds is 5. The summed E-state index contributed by atoms with van der Waals surface area (Å²) in [5.41, 5.74) is 4.64. The molecule has 21 heavy (non-hydrogen) atoms. The predicted octanol–water partition coefficient (Wildman–Crippen LogP) is 2.95. The number of ether oxygens (including phenoxy) is 1. The first-order valence-electron chi connectivity index (χ1n) is 6.50. The fourth-order valence-corrected chi connectivity index (χ4v) is 1.92. The highest BCUT2D eigenvalue weighted by molar-refractivity contribution is 6.35. The molecule has 7 heteroatoms. The second-order valence-electron chi connectivity index (χ2n) is 4.97. The molecule has 0 aliphatic rings. The molecule has 2 amide bonds. The van der Waals surface area contributed by atoms with Crippen molar-refractivity contribution in [1.29, 1.82) is 0 Å². The topological polar surface area (TPSA) is 67.4 Å². The van der Waals surface area contributed by atoms with E-state index in [2.05, 4.69) is 10.9 Å². The molecule has 0 bridgehead atoms. The van der Waals surface area contributed by atoms with Crippen LogP contribution in [0.25, 0.3) is 0 Å². The molecule has 0 saturated carbocycles. The lowest BCUT2D eigenvalue weighted by atomic mass is 10.1. The summed E-state index contributed by atoms with van der Waals surface area (Å²) in [6, 6.07) is 4.71. The number of hydrazine groups is 1. The maximum atomic E-state index is 11.8. The number of carbonyl (C=O) groups is 2. The van der Waals surface area contributed by atoms with E-state index in [0.29, 0.717) is 22.2 Å². The van der Waals surface area contributed by atoms with Gasteiger partial charge in [0.15, 0.2) is 6.10 Å². The van der Waals surface area contributed by atoms with Crippen molar-refractivity contribution in [2.24, 2.45) is 5.92 Å². The normalized spacial score (nSPS) is 11.9. The summed E-state index contributed by atoms with van der Waals surface area (Å²) in [6.45, 7) is 5.38. The van der Waals surface area contributed by atoms with Gasteiger partial charge < -0.3 is 4.74 Å². The summed E-state index contributed by atoms with van der Waals surface area (Å²) >= 11 is 11.7. The van der Waals surface area contributed by atoms with Crippen molar-refractivity contribution in [1.82, 2.24) is 10.9 Å². The van der Waals surface area contributed by atoms with Crippen molar-refractivity contribution in [2.45, 2.75) is 33.3 Å². The summed E-state index contributed by atoms with van der Waals surface area (Å²) in [7, 11) is 0. The molecule has 5 nitrogen and oxygen atoms in total.